The van der Waals surface area contributed by atoms with Gasteiger partial charge in [-0.1, -0.05) is 18.2 Å². The number of nitrogens with zero attached hydrogens (tertiary/aromatic N) is 1. The first-order valence-electron chi connectivity index (χ1n) is 8.12. The Hall–Kier alpha value is -3.43. The van der Waals surface area contributed by atoms with Gasteiger partial charge in [-0.05, 0) is 25.1 Å². The van der Waals surface area contributed by atoms with Crippen molar-refractivity contribution in [3.05, 3.63) is 80.1 Å². The minimum Gasteiger partial charge on any atom is -0.494 e. The molecule has 2 aromatic carbocycles. The van der Waals surface area contributed by atoms with E-state index in [1.807, 2.05) is 4.98 Å². The van der Waals surface area contributed by atoms with E-state index < -0.39 is 45.9 Å². The average Bonchev–Trinajstić information content (AvgIpc) is 2.63. The second kappa shape index (κ2) is 7.19. The Morgan fingerprint density at radius 3 is 2.31 bits per heavy atom. The van der Waals surface area contributed by atoms with Gasteiger partial charge in [0.2, 0.25) is 0 Å². The van der Waals surface area contributed by atoms with Crippen molar-refractivity contribution in [1.82, 2.24) is 9.55 Å². The molecule has 0 aliphatic rings. The summed E-state index contributed by atoms with van der Waals surface area (Å²) < 4.78 is 74.5. The zero-order chi connectivity index (χ0) is 21.5. The van der Waals surface area contributed by atoms with E-state index in [1.54, 1.807) is 0 Å². The van der Waals surface area contributed by atoms with Gasteiger partial charge in [-0.15, -0.1) is 0 Å². The quantitative estimate of drug-likeness (QED) is 0.666. The zero-order valence-corrected chi connectivity index (χ0v) is 15.0. The number of benzene rings is 2. The number of alkyl halides is 3. The molecule has 0 radical (unpaired) electrons. The molecule has 0 spiro atoms. The molecule has 3 aromatic rings. The van der Waals surface area contributed by atoms with Crippen molar-refractivity contribution in [2.24, 2.45) is 0 Å². The maximum Gasteiger partial charge on any atom is 0.418 e. The van der Waals surface area contributed by atoms with E-state index in [9.17, 15) is 31.5 Å². The van der Waals surface area contributed by atoms with Gasteiger partial charge in [0.15, 0.2) is 11.6 Å². The number of halogens is 5. The second-order valence-corrected chi connectivity index (χ2v) is 6.01. The number of aromatic amines is 1. The molecule has 0 bridgehead atoms. The van der Waals surface area contributed by atoms with Gasteiger partial charge in [-0.2, -0.15) is 13.2 Å². The van der Waals surface area contributed by atoms with Gasteiger partial charge in [-0.25, -0.2) is 13.6 Å². The number of para-hydroxylation sites is 1. The van der Waals surface area contributed by atoms with Crippen LogP contribution in [0.5, 0.6) is 5.75 Å². The summed E-state index contributed by atoms with van der Waals surface area (Å²) in [6, 6.07) is 6.01. The van der Waals surface area contributed by atoms with Crippen molar-refractivity contribution >= 4 is 0 Å². The molecule has 10 heteroatoms. The number of hydrogen-bond donors (Lipinski definition) is 1. The summed E-state index contributed by atoms with van der Waals surface area (Å²) in [7, 11) is 1.19. The van der Waals surface area contributed by atoms with Crippen LogP contribution in [0.2, 0.25) is 0 Å². The molecule has 0 amide bonds. The Labute approximate surface area is 160 Å². The third-order valence-electron chi connectivity index (χ3n) is 4.32. The smallest absolute Gasteiger partial charge is 0.418 e. The van der Waals surface area contributed by atoms with Crippen molar-refractivity contribution < 1.29 is 26.7 Å². The van der Waals surface area contributed by atoms with Gasteiger partial charge in [0.1, 0.15) is 5.82 Å². The number of rotatable bonds is 3. The van der Waals surface area contributed by atoms with E-state index in [0.717, 1.165) is 19.1 Å². The first-order valence-corrected chi connectivity index (χ1v) is 8.12. The van der Waals surface area contributed by atoms with E-state index >= 15 is 0 Å². The minimum atomic E-state index is -4.99. The van der Waals surface area contributed by atoms with Gasteiger partial charge in [0, 0.05) is 11.3 Å². The number of H-pyrrole nitrogens is 1. The molecule has 0 atom stereocenters. The summed E-state index contributed by atoms with van der Waals surface area (Å²) >= 11 is 0. The lowest BCUT2D eigenvalue weighted by atomic mass is 10.0. The van der Waals surface area contributed by atoms with E-state index in [1.165, 1.54) is 25.3 Å². The van der Waals surface area contributed by atoms with Crippen LogP contribution in [0.3, 0.4) is 0 Å². The second-order valence-electron chi connectivity index (χ2n) is 6.01. The van der Waals surface area contributed by atoms with Crippen LogP contribution in [0, 0.1) is 18.6 Å². The van der Waals surface area contributed by atoms with Crippen LogP contribution < -0.4 is 16.0 Å². The SMILES string of the molecule is COc1cccc(-c2c(C)n(-c3c(F)cccc3C(F)(F)F)c(=O)[nH]c2=O)c1F. The van der Waals surface area contributed by atoms with Crippen molar-refractivity contribution in [2.45, 2.75) is 13.1 Å². The third-order valence-corrected chi connectivity index (χ3v) is 4.32. The van der Waals surface area contributed by atoms with Crippen LogP contribution >= 0.6 is 0 Å². The number of nitrogens with one attached hydrogen (secondary N) is 1. The molecular weight excluding hydrogens is 399 g/mol. The van der Waals surface area contributed by atoms with Gasteiger partial charge in [0.25, 0.3) is 5.56 Å². The predicted molar refractivity (Wildman–Crippen MR) is 94.3 cm³/mol. The lowest BCUT2D eigenvalue weighted by Crippen LogP contribution is -2.34. The topological polar surface area (TPSA) is 64.1 Å². The molecule has 0 saturated carbocycles. The first-order chi connectivity index (χ1) is 13.6. The molecule has 5 nitrogen and oxygen atoms in total. The summed E-state index contributed by atoms with van der Waals surface area (Å²) in [6.45, 7) is 1.12. The standard InChI is InChI=1S/C19H13F5N2O3/c1-9-14(10-5-3-8-13(29-2)15(10)21)17(27)25-18(28)26(9)16-11(19(22,23)24)6-4-7-12(16)20/h3-8H,1-2H3,(H,25,27,28). The summed E-state index contributed by atoms with van der Waals surface area (Å²) in [5.74, 6) is -2.52. The monoisotopic (exact) mass is 412 g/mol. The number of aromatic nitrogens is 2. The highest BCUT2D eigenvalue weighted by Crippen LogP contribution is 2.36. The Bertz CT molecular complexity index is 1210. The van der Waals surface area contributed by atoms with Gasteiger partial charge in [0.05, 0.1) is 23.9 Å². The third kappa shape index (κ3) is 3.41. The highest BCUT2D eigenvalue weighted by molar-refractivity contribution is 5.68. The van der Waals surface area contributed by atoms with Crippen LogP contribution in [0.1, 0.15) is 11.3 Å². The molecule has 1 N–H and O–H groups in total. The summed E-state index contributed by atoms with van der Waals surface area (Å²) in [6.07, 6.45) is -4.99. The van der Waals surface area contributed by atoms with E-state index in [4.69, 9.17) is 4.74 Å². The Morgan fingerprint density at radius 1 is 1.03 bits per heavy atom. The van der Waals surface area contributed by atoms with Crippen molar-refractivity contribution in [3.8, 4) is 22.6 Å². The summed E-state index contributed by atoms with van der Waals surface area (Å²) in [5, 5.41) is 0. The van der Waals surface area contributed by atoms with Crippen molar-refractivity contribution in [3.63, 3.8) is 0 Å². The maximum atomic E-state index is 14.7. The number of methoxy groups -OCH3 is 1. The van der Waals surface area contributed by atoms with Gasteiger partial charge in [-0.3, -0.25) is 14.3 Å². The molecule has 1 aromatic heterocycles. The van der Waals surface area contributed by atoms with E-state index in [-0.39, 0.29) is 17.0 Å². The van der Waals surface area contributed by atoms with Crippen LogP contribution in [-0.2, 0) is 6.18 Å². The minimum absolute atomic E-state index is 0.221. The van der Waals surface area contributed by atoms with E-state index in [0.29, 0.717) is 10.6 Å². The maximum absolute atomic E-state index is 14.7. The molecule has 0 unspecified atom stereocenters. The molecular formula is C19H13F5N2O3. The highest BCUT2D eigenvalue weighted by Gasteiger charge is 2.36. The predicted octanol–water partition coefficient (Wildman–Crippen LogP) is 3.81. The summed E-state index contributed by atoms with van der Waals surface area (Å²) in [5.41, 5.74) is -5.98. The fraction of sp³-hybridized carbons (Fsp3) is 0.158. The molecule has 29 heavy (non-hydrogen) atoms. The van der Waals surface area contributed by atoms with E-state index in [2.05, 4.69) is 0 Å². The zero-order valence-electron chi connectivity index (χ0n) is 15.0. The largest absolute Gasteiger partial charge is 0.494 e. The van der Waals surface area contributed by atoms with Crippen LogP contribution in [0.4, 0.5) is 22.0 Å². The number of hydrogen-bond acceptors (Lipinski definition) is 3. The summed E-state index contributed by atoms with van der Waals surface area (Å²) in [4.78, 5) is 26.5. The fourth-order valence-electron chi connectivity index (χ4n) is 3.06. The van der Waals surface area contributed by atoms with Gasteiger partial charge < -0.3 is 4.74 Å². The Kier molecular flexibility index (Phi) is 5.04. The highest BCUT2D eigenvalue weighted by atomic mass is 19.4. The normalized spacial score (nSPS) is 11.6. The fourth-order valence-corrected chi connectivity index (χ4v) is 3.06. The molecule has 0 aliphatic heterocycles. The molecule has 0 aliphatic carbocycles. The Morgan fingerprint density at radius 2 is 1.69 bits per heavy atom. The van der Waals surface area contributed by atoms with Crippen molar-refractivity contribution in [2.75, 3.05) is 7.11 Å². The van der Waals surface area contributed by atoms with Crippen LogP contribution in [0.25, 0.3) is 16.8 Å². The molecule has 3 rings (SSSR count). The average molecular weight is 412 g/mol. The lowest BCUT2D eigenvalue weighted by Gasteiger charge is -2.19. The molecule has 1 heterocycles. The van der Waals surface area contributed by atoms with Crippen molar-refractivity contribution in [1.29, 1.82) is 0 Å². The molecule has 0 fully saturated rings. The van der Waals surface area contributed by atoms with Gasteiger partial charge >= 0.3 is 11.9 Å². The van der Waals surface area contributed by atoms with Crippen LogP contribution in [-0.4, -0.2) is 16.7 Å². The first kappa shape index (κ1) is 20.3. The lowest BCUT2D eigenvalue weighted by molar-refractivity contribution is -0.137. The molecule has 152 valence electrons. The number of ether oxygens (including phenoxy) is 1. The van der Waals surface area contributed by atoms with Crippen LogP contribution in [0.15, 0.2) is 46.0 Å². The Balaban J connectivity index is 2.45. The molecule has 0 saturated heterocycles.